The summed E-state index contributed by atoms with van der Waals surface area (Å²) in [4.78, 5) is 0. The van der Waals surface area contributed by atoms with Gasteiger partial charge in [-0.1, -0.05) is 17.7 Å². The van der Waals surface area contributed by atoms with Crippen LogP contribution in [0.25, 0.3) is 0 Å². The maximum atomic E-state index is 7.48. The molecule has 1 aromatic rings. The predicted molar refractivity (Wildman–Crippen MR) is 73.7 cm³/mol. The van der Waals surface area contributed by atoms with Crippen molar-refractivity contribution in [3.05, 3.63) is 28.8 Å². The van der Waals surface area contributed by atoms with Gasteiger partial charge in [-0.25, -0.2) is 0 Å². The Morgan fingerprint density at radius 1 is 1.33 bits per heavy atom. The minimum absolute atomic E-state index is 0.104. The van der Waals surface area contributed by atoms with Gasteiger partial charge in [-0.05, 0) is 32.9 Å². The fourth-order valence-corrected chi connectivity index (χ4v) is 1.65. The molecule has 100 valence electrons. The molecule has 0 bridgehead atoms. The second-order valence-electron chi connectivity index (χ2n) is 4.84. The van der Waals surface area contributed by atoms with Crippen molar-refractivity contribution in [1.29, 1.82) is 5.41 Å². The van der Waals surface area contributed by atoms with Crippen LogP contribution < -0.4 is 10.5 Å². The van der Waals surface area contributed by atoms with Crippen molar-refractivity contribution in [2.24, 2.45) is 5.73 Å². The van der Waals surface area contributed by atoms with E-state index in [0.717, 1.165) is 0 Å². The zero-order chi connectivity index (χ0) is 13.8. The van der Waals surface area contributed by atoms with Gasteiger partial charge in [0, 0.05) is 0 Å². The van der Waals surface area contributed by atoms with Gasteiger partial charge in [0.15, 0.2) is 0 Å². The van der Waals surface area contributed by atoms with Crippen LogP contribution in [0.1, 0.15) is 26.3 Å². The normalized spacial score (nSPS) is 11.3. The molecule has 0 aliphatic rings. The van der Waals surface area contributed by atoms with Crippen molar-refractivity contribution in [2.45, 2.75) is 26.4 Å². The fourth-order valence-electron chi connectivity index (χ4n) is 1.39. The van der Waals surface area contributed by atoms with Gasteiger partial charge in [0.05, 0.1) is 22.8 Å². The average molecular weight is 271 g/mol. The first-order chi connectivity index (χ1) is 8.31. The van der Waals surface area contributed by atoms with Crippen molar-refractivity contribution in [1.82, 2.24) is 0 Å². The predicted octanol–water partition coefficient (Wildman–Crippen LogP) is 2.82. The molecule has 1 rings (SSSR count). The first kappa shape index (κ1) is 14.8. The fraction of sp³-hybridized carbons (Fsp3) is 0.462. The Morgan fingerprint density at radius 2 is 2.00 bits per heavy atom. The lowest BCUT2D eigenvalue weighted by atomic mass is 10.2. The standard InChI is InChI=1S/C13H19ClN2O2/c1-13(2,3)18-8-7-17-10-6-4-5-9(14)11(10)12(15)16/h4-6H,7-8H2,1-3H3,(H3,15,16). The van der Waals surface area contributed by atoms with Crippen LogP contribution in [0, 0.1) is 5.41 Å². The van der Waals surface area contributed by atoms with Crippen molar-refractivity contribution < 1.29 is 9.47 Å². The molecular formula is C13H19ClN2O2. The number of hydrogen-bond donors (Lipinski definition) is 2. The van der Waals surface area contributed by atoms with E-state index < -0.39 is 0 Å². The number of halogens is 1. The third-order valence-corrected chi connectivity index (χ3v) is 2.44. The molecule has 0 spiro atoms. The topological polar surface area (TPSA) is 68.3 Å². The Bertz CT molecular complexity index is 427. The molecule has 0 fully saturated rings. The highest BCUT2D eigenvalue weighted by Gasteiger charge is 2.12. The zero-order valence-electron chi connectivity index (χ0n) is 10.9. The van der Waals surface area contributed by atoms with Crippen molar-refractivity contribution in [2.75, 3.05) is 13.2 Å². The monoisotopic (exact) mass is 270 g/mol. The lowest BCUT2D eigenvalue weighted by Gasteiger charge is -2.20. The van der Waals surface area contributed by atoms with Gasteiger partial charge in [0.2, 0.25) is 0 Å². The van der Waals surface area contributed by atoms with Crippen LogP contribution in [0.15, 0.2) is 18.2 Å². The summed E-state index contributed by atoms with van der Waals surface area (Å²) in [6.07, 6.45) is 0. The van der Waals surface area contributed by atoms with E-state index in [1.807, 2.05) is 20.8 Å². The van der Waals surface area contributed by atoms with Gasteiger partial charge < -0.3 is 15.2 Å². The van der Waals surface area contributed by atoms with Gasteiger partial charge in [-0.3, -0.25) is 5.41 Å². The Morgan fingerprint density at radius 3 is 2.56 bits per heavy atom. The van der Waals surface area contributed by atoms with Crippen LogP contribution in [0.4, 0.5) is 0 Å². The number of nitrogens with two attached hydrogens (primary N) is 1. The largest absolute Gasteiger partial charge is 0.490 e. The van der Waals surface area contributed by atoms with Crippen molar-refractivity contribution in [3.8, 4) is 5.75 Å². The molecular weight excluding hydrogens is 252 g/mol. The Hall–Kier alpha value is -1.26. The van der Waals surface area contributed by atoms with Gasteiger partial charge >= 0.3 is 0 Å². The van der Waals surface area contributed by atoms with E-state index >= 15 is 0 Å². The first-order valence-electron chi connectivity index (χ1n) is 5.71. The smallest absolute Gasteiger partial charge is 0.131 e. The minimum Gasteiger partial charge on any atom is -0.490 e. The average Bonchev–Trinajstić information content (AvgIpc) is 2.22. The summed E-state index contributed by atoms with van der Waals surface area (Å²) in [5, 5.41) is 7.89. The number of amidine groups is 1. The lowest BCUT2D eigenvalue weighted by Crippen LogP contribution is -2.23. The number of rotatable bonds is 5. The molecule has 0 saturated heterocycles. The first-order valence-corrected chi connectivity index (χ1v) is 6.09. The summed E-state index contributed by atoms with van der Waals surface area (Å²) in [6.45, 7) is 6.79. The molecule has 0 atom stereocenters. The van der Waals surface area contributed by atoms with E-state index in [2.05, 4.69) is 0 Å². The van der Waals surface area contributed by atoms with Crippen molar-refractivity contribution >= 4 is 17.4 Å². The van der Waals surface area contributed by atoms with E-state index in [-0.39, 0.29) is 11.4 Å². The van der Waals surface area contributed by atoms with Crippen molar-refractivity contribution in [3.63, 3.8) is 0 Å². The van der Waals surface area contributed by atoms with E-state index in [9.17, 15) is 0 Å². The second-order valence-corrected chi connectivity index (χ2v) is 5.24. The number of hydrogen-bond acceptors (Lipinski definition) is 3. The van der Waals surface area contributed by atoms with Gasteiger partial charge in [-0.15, -0.1) is 0 Å². The van der Waals surface area contributed by atoms with E-state index in [4.69, 9.17) is 32.2 Å². The number of benzene rings is 1. The molecule has 0 radical (unpaired) electrons. The molecule has 0 heterocycles. The van der Waals surface area contributed by atoms with Crippen LogP contribution in [0.5, 0.6) is 5.75 Å². The number of nitrogen functional groups attached to an aromatic ring is 1. The third-order valence-electron chi connectivity index (χ3n) is 2.12. The molecule has 0 aliphatic heterocycles. The molecule has 0 amide bonds. The second kappa shape index (κ2) is 6.07. The SMILES string of the molecule is CC(C)(C)OCCOc1cccc(Cl)c1C(=N)N. The summed E-state index contributed by atoms with van der Waals surface area (Å²) >= 11 is 5.98. The summed E-state index contributed by atoms with van der Waals surface area (Å²) in [5.74, 6) is 0.403. The van der Waals surface area contributed by atoms with Crippen LogP contribution in [-0.2, 0) is 4.74 Å². The van der Waals surface area contributed by atoms with Crippen LogP contribution in [-0.4, -0.2) is 24.7 Å². The Balaban J connectivity index is 2.63. The van der Waals surface area contributed by atoms with Gasteiger partial charge in [0.25, 0.3) is 0 Å². The molecule has 0 aromatic heterocycles. The van der Waals surface area contributed by atoms with Crippen LogP contribution in [0.3, 0.4) is 0 Å². The summed E-state index contributed by atoms with van der Waals surface area (Å²) in [6, 6.07) is 5.17. The van der Waals surface area contributed by atoms with Gasteiger partial charge in [-0.2, -0.15) is 0 Å². The lowest BCUT2D eigenvalue weighted by molar-refractivity contribution is -0.0163. The quantitative estimate of drug-likeness (QED) is 0.491. The number of ether oxygens (including phenoxy) is 2. The summed E-state index contributed by atoms with van der Waals surface area (Å²) < 4.78 is 11.1. The Labute approximate surface area is 113 Å². The summed E-state index contributed by atoms with van der Waals surface area (Å²) in [5.41, 5.74) is 5.71. The molecule has 3 N–H and O–H groups in total. The third kappa shape index (κ3) is 4.55. The molecule has 4 nitrogen and oxygen atoms in total. The summed E-state index contributed by atoms with van der Waals surface area (Å²) in [7, 11) is 0. The minimum atomic E-state index is -0.193. The van der Waals surface area contributed by atoms with E-state index in [1.165, 1.54) is 0 Å². The molecule has 0 aliphatic carbocycles. The molecule has 5 heteroatoms. The maximum Gasteiger partial charge on any atom is 0.131 e. The van der Waals surface area contributed by atoms with E-state index in [1.54, 1.807) is 18.2 Å². The highest BCUT2D eigenvalue weighted by molar-refractivity contribution is 6.34. The van der Waals surface area contributed by atoms with Gasteiger partial charge in [0.1, 0.15) is 18.2 Å². The van der Waals surface area contributed by atoms with Crippen LogP contribution >= 0.6 is 11.6 Å². The molecule has 18 heavy (non-hydrogen) atoms. The zero-order valence-corrected chi connectivity index (χ0v) is 11.7. The number of nitrogens with one attached hydrogen (secondary N) is 1. The van der Waals surface area contributed by atoms with Crippen LogP contribution in [0.2, 0.25) is 5.02 Å². The molecule has 0 saturated carbocycles. The maximum absolute atomic E-state index is 7.48. The Kier molecular flexibility index (Phi) is 4.99. The highest BCUT2D eigenvalue weighted by atomic mass is 35.5. The molecule has 0 unspecified atom stereocenters. The molecule has 1 aromatic carbocycles. The van der Waals surface area contributed by atoms with E-state index in [0.29, 0.717) is 29.5 Å². The highest BCUT2D eigenvalue weighted by Crippen LogP contribution is 2.25.